The molecule has 0 unspecified atom stereocenters. The predicted octanol–water partition coefficient (Wildman–Crippen LogP) is 1.27. The number of hydrogen-bond donors (Lipinski definition) is 1. The average Bonchev–Trinajstić information content (AvgIpc) is 2.79. The summed E-state index contributed by atoms with van der Waals surface area (Å²) in [5, 5.41) is 3.15. The molecule has 0 aromatic heterocycles. The zero-order chi connectivity index (χ0) is 8.81. The van der Waals surface area contributed by atoms with Gasteiger partial charge in [0, 0.05) is 6.54 Å². The van der Waals surface area contributed by atoms with Gasteiger partial charge in [-0.25, -0.2) is 8.78 Å². The molecule has 0 radical (unpaired) electrons. The summed E-state index contributed by atoms with van der Waals surface area (Å²) >= 11 is 0. The molecule has 0 aliphatic heterocycles. The van der Waals surface area contributed by atoms with Gasteiger partial charge in [-0.1, -0.05) is 0 Å². The minimum Gasteiger partial charge on any atom is -0.374 e. The number of hydrogen-bond acceptors (Lipinski definition) is 2. The van der Waals surface area contributed by atoms with Crippen LogP contribution in [0.15, 0.2) is 0 Å². The van der Waals surface area contributed by atoms with E-state index in [-0.39, 0.29) is 0 Å². The van der Waals surface area contributed by atoms with Gasteiger partial charge in [0.1, 0.15) is 6.61 Å². The highest BCUT2D eigenvalue weighted by molar-refractivity contribution is 4.74. The minimum absolute atomic E-state index is 0.386. The van der Waals surface area contributed by atoms with Crippen LogP contribution in [0.5, 0.6) is 0 Å². The van der Waals surface area contributed by atoms with Crippen molar-refractivity contribution in [2.24, 2.45) is 5.92 Å². The Morgan fingerprint density at radius 3 is 2.75 bits per heavy atom. The van der Waals surface area contributed by atoms with Gasteiger partial charge in [-0.05, 0) is 25.3 Å². The Kier molecular flexibility index (Phi) is 4.46. The van der Waals surface area contributed by atoms with Crippen LogP contribution in [0.3, 0.4) is 0 Å². The van der Waals surface area contributed by atoms with Crippen LogP contribution in [0.1, 0.15) is 12.8 Å². The van der Waals surface area contributed by atoms with E-state index in [0.717, 1.165) is 12.5 Å². The second-order valence-corrected chi connectivity index (χ2v) is 3.11. The standard InChI is InChI=1S/C8H15F2NO/c9-8(10)6-12-4-3-11-5-7-1-2-7/h7-8,11H,1-6H2. The normalized spacial score (nSPS) is 17.2. The summed E-state index contributed by atoms with van der Waals surface area (Å²) in [6.07, 6.45) is 0.281. The Bertz CT molecular complexity index is 112. The van der Waals surface area contributed by atoms with Crippen molar-refractivity contribution in [2.75, 3.05) is 26.3 Å². The van der Waals surface area contributed by atoms with E-state index < -0.39 is 13.0 Å². The van der Waals surface area contributed by atoms with Gasteiger partial charge >= 0.3 is 0 Å². The Labute approximate surface area is 71.3 Å². The molecule has 0 bridgehead atoms. The Hall–Kier alpha value is -0.220. The van der Waals surface area contributed by atoms with Gasteiger partial charge < -0.3 is 10.1 Å². The average molecular weight is 179 g/mol. The van der Waals surface area contributed by atoms with E-state index >= 15 is 0 Å². The molecule has 1 saturated carbocycles. The predicted molar refractivity (Wildman–Crippen MR) is 42.4 cm³/mol. The van der Waals surface area contributed by atoms with Gasteiger partial charge in [0.2, 0.25) is 0 Å². The smallest absolute Gasteiger partial charge is 0.261 e. The molecule has 1 aliphatic rings. The fraction of sp³-hybridized carbons (Fsp3) is 1.00. The molecular weight excluding hydrogens is 164 g/mol. The van der Waals surface area contributed by atoms with Crippen LogP contribution in [-0.4, -0.2) is 32.7 Å². The first-order valence-corrected chi connectivity index (χ1v) is 4.35. The second kappa shape index (κ2) is 5.43. The van der Waals surface area contributed by atoms with Gasteiger partial charge in [-0.15, -0.1) is 0 Å². The summed E-state index contributed by atoms with van der Waals surface area (Å²) in [4.78, 5) is 0. The largest absolute Gasteiger partial charge is 0.374 e. The molecule has 0 heterocycles. The lowest BCUT2D eigenvalue weighted by Crippen LogP contribution is -2.22. The second-order valence-electron chi connectivity index (χ2n) is 3.11. The lowest BCUT2D eigenvalue weighted by atomic mass is 10.4. The van der Waals surface area contributed by atoms with Crippen molar-refractivity contribution in [2.45, 2.75) is 19.3 Å². The minimum atomic E-state index is -2.34. The Morgan fingerprint density at radius 1 is 1.42 bits per heavy atom. The Morgan fingerprint density at radius 2 is 2.17 bits per heavy atom. The van der Waals surface area contributed by atoms with Gasteiger partial charge in [-0.2, -0.15) is 0 Å². The highest BCUT2D eigenvalue weighted by atomic mass is 19.3. The van der Waals surface area contributed by atoms with Crippen molar-refractivity contribution in [1.29, 1.82) is 0 Å². The maximum Gasteiger partial charge on any atom is 0.261 e. The van der Waals surface area contributed by atoms with Crippen LogP contribution in [-0.2, 0) is 4.74 Å². The van der Waals surface area contributed by atoms with E-state index in [0.29, 0.717) is 13.2 Å². The van der Waals surface area contributed by atoms with E-state index in [1.165, 1.54) is 12.8 Å². The highest BCUT2D eigenvalue weighted by Crippen LogP contribution is 2.27. The van der Waals surface area contributed by atoms with Crippen molar-refractivity contribution in [1.82, 2.24) is 5.32 Å². The van der Waals surface area contributed by atoms with E-state index in [2.05, 4.69) is 10.1 Å². The SMILES string of the molecule is FC(F)COCCNCC1CC1. The first kappa shape index (κ1) is 9.86. The molecule has 1 aliphatic carbocycles. The van der Waals surface area contributed by atoms with E-state index in [9.17, 15) is 8.78 Å². The van der Waals surface area contributed by atoms with Crippen molar-refractivity contribution >= 4 is 0 Å². The van der Waals surface area contributed by atoms with Gasteiger partial charge in [-0.3, -0.25) is 0 Å². The zero-order valence-electron chi connectivity index (χ0n) is 7.06. The molecule has 0 aromatic rings. The Balaban J connectivity index is 1.70. The lowest BCUT2D eigenvalue weighted by molar-refractivity contribution is 0.0187. The molecule has 12 heavy (non-hydrogen) atoms. The van der Waals surface area contributed by atoms with Crippen LogP contribution in [0.2, 0.25) is 0 Å². The summed E-state index contributed by atoms with van der Waals surface area (Å²) in [7, 11) is 0. The molecule has 1 fully saturated rings. The molecule has 0 spiro atoms. The van der Waals surface area contributed by atoms with Crippen LogP contribution >= 0.6 is 0 Å². The van der Waals surface area contributed by atoms with Crippen molar-refractivity contribution in [3.05, 3.63) is 0 Å². The molecule has 0 saturated heterocycles. The number of nitrogens with one attached hydrogen (secondary N) is 1. The number of halogens is 2. The number of rotatable bonds is 7. The topological polar surface area (TPSA) is 21.3 Å². The third kappa shape index (κ3) is 5.43. The van der Waals surface area contributed by atoms with Crippen molar-refractivity contribution < 1.29 is 13.5 Å². The maximum atomic E-state index is 11.5. The fourth-order valence-electron chi connectivity index (χ4n) is 0.945. The van der Waals surface area contributed by atoms with Gasteiger partial charge in [0.05, 0.1) is 6.61 Å². The molecule has 72 valence electrons. The van der Waals surface area contributed by atoms with Crippen molar-refractivity contribution in [3.8, 4) is 0 Å². The highest BCUT2D eigenvalue weighted by Gasteiger charge is 2.19. The molecule has 1 rings (SSSR count). The molecule has 0 atom stereocenters. The van der Waals surface area contributed by atoms with E-state index in [1.54, 1.807) is 0 Å². The maximum absolute atomic E-state index is 11.5. The fourth-order valence-corrected chi connectivity index (χ4v) is 0.945. The summed E-state index contributed by atoms with van der Waals surface area (Å²) in [6, 6.07) is 0. The monoisotopic (exact) mass is 179 g/mol. The summed E-state index contributed by atoms with van der Waals surface area (Å²) in [5.41, 5.74) is 0. The third-order valence-corrected chi connectivity index (χ3v) is 1.80. The van der Waals surface area contributed by atoms with E-state index in [4.69, 9.17) is 0 Å². The molecule has 0 aromatic carbocycles. The lowest BCUT2D eigenvalue weighted by Gasteiger charge is -2.04. The summed E-state index contributed by atoms with van der Waals surface area (Å²) in [6.45, 7) is 1.64. The van der Waals surface area contributed by atoms with Crippen molar-refractivity contribution in [3.63, 3.8) is 0 Å². The molecular formula is C8H15F2NO. The first-order chi connectivity index (χ1) is 5.79. The summed E-state index contributed by atoms with van der Waals surface area (Å²) < 4.78 is 27.8. The quantitative estimate of drug-likeness (QED) is 0.594. The molecule has 0 amide bonds. The van der Waals surface area contributed by atoms with Gasteiger partial charge in [0.15, 0.2) is 0 Å². The van der Waals surface area contributed by atoms with Crippen LogP contribution < -0.4 is 5.32 Å². The first-order valence-electron chi connectivity index (χ1n) is 4.35. The van der Waals surface area contributed by atoms with Crippen LogP contribution in [0, 0.1) is 5.92 Å². The third-order valence-electron chi connectivity index (χ3n) is 1.80. The zero-order valence-corrected chi connectivity index (χ0v) is 7.06. The van der Waals surface area contributed by atoms with Gasteiger partial charge in [0.25, 0.3) is 6.43 Å². The molecule has 4 heteroatoms. The number of alkyl halides is 2. The number of ether oxygens (including phenoxy) is 1. The van der Waals surface area contributed by atoms with Crippen LogP contribution in [0.25, 0.3) is 0 Å². The summed E-state index contributed by atoms with van der Waals surface area (Å²) in [5.74, 6) is 0.833. The van der Waals surface area contributed by atoms with E-state index in [1.807, 2.05) is 0 Å². The van der Waals surface area contributed by atoms with Crippen LogP contribution in [0.4, 0.5) is 8.78 Å². The molecule has 1 N–H and O–H groups in total. The molecule has 2 nitrogen and oxygen atoms in total.